The molecule has 54 heavy (non-hydrogen) atoms. The van der Waals surface area contributed by atoms with Crippen molar-refractivity contribution in [1.82, 2.24) is 0 Å². The van der Waals surface area contributed by atoms with Crippen LogP contribution in [0, 0.1) is 6.92 Å². The highest BCUT2D eigenvalue weighted by Crippen LogP contribution is 2.51. The van der Waals surface area contributed by atoms with Gasteiger partial charge in [0.1, 0.15) is 0 Å². The van der Waals surface area contributed by atoms with E-state index in [-0.39, 0.29) is 5.78 Å². The highest BCUT2D eigenvalue weighted by Gasteiger charge is 2.23. The van der Waals surface area contributed by atoms with Gasteiger partial charge in [0.05, 0.1) is 13.5 Å². The van der Waals surface area contributed by atoms with Crippen molar-refractivity contribution in [3.63, 3.8) is 0 Å². The fourth-order valence-electron chi connectivity index (χ4n) is 8.11. The first-order valence-corrected chi connectivity index (χ1v) is 26.1. The second-order valence-electron chi connectivity index (χ2n) is 15.5. The number of carbonyl (C=O) groups excluding carboxylic acids is 1. The molecule has 0 bridgehead atoms. The minimum absolute atomic E-state index is 0.175. The van der Waals surface area contributed by atoms with Crippen molar-refractivity contribution >= 4 is 109 Å². The first-order valence-electron chi connectivity index (χ1n) is 21.2. The zero-order chi connectivity index (χ0) is 37.9. The van der Waals surface area contributed by atoms with Crippen molar-refractivity contribution in [2.75, 3.05) is 0 Å². The lowest BCUT2D eigenvalue weighted by molar-refractivity contribution is 0.102. The summed E-state index contributed by atoms with van der Waals surface area (Å²) in [6, 6.07) is 11.8. The molecule has 0 saturated carbocycles. The van der Waals surface area contributed by atoms with Crippen LogP contribution in [0.3, 0.4) is 0 Å². The number of hydrogen-bond acceptors (Lipinski definition) is 6. The zero-order valence-electron chi connectivity index (χ0n) is 33.3. The summed E-state index contributed by atoms with van der Waals surface area (Å²) in [4.78, 5) is 20.2. The van der Waals surface area contributed by atoms with E-state index in [4.69, 9.17) is 0 Å². The van der Waals surface area contributed by atoms with E-state index in [1.165, 1.54) is 187 Å². The van der Waals surface area contributed by atoms with Crippen molar-refractivity contribution in [2.45, 2.75) is 169 Å². The first-order chi connectivity index (χ1) is 26.4. The molecule has 6 aromatic rings. The molecule has 5 heterocycles. The predicted octanol–water partition coefficient (Wildman–Crippen LogP) is 19.0. The normalized spacial score (nSPS) is 12.0. The van der Waals surface area contributed by atoms with Crippen molar-refractivity contribution < 1.29 is 4.79 Å². The van der Waals surface area contributed by atoms with E-state index in [1.807, 2.05) is 45.3 Å². The molecule has 0 amide bonds. The van der Waals surface area contributed by atoms with Gasteiger partial charge < -0.3 is 0 Å². The summed E-state index contributed by atoms with van der Waals surface area (Å²) in [6.07, 6.45) is 29.6. The van der Waals surface area contributed by atoms with E-state index in [1.54, 1.807) is 29.4 Å². The molecule has 0 N–H and O–H groups in total. The molecule has 7 heteroatoms. The van der Waals surface area contributed by atoms with Gasteiger partial charge >= 0.3 is 0 Å². The maximum absolute atomic E-state index is 12.4. The van der Waals surface area contributed by atoms with Crippen LogP contribution in [-0.4, -0.2) is 5.78 Å². The van der Waals surface area contributed by atoms with Crippen LogP contribution in [0.5, 0.6) is 0 Å². The van der Waals surface area contributed by atoms with E-state index in [0.717, 1.165) is 17.7 Å². The van der Waals surface area contributed by atoms with Crippen LogP contribution in [-0.2, 0) is 12.8 Å². The molecule has 0 aliphatic rings. The van der Waals surface area contributed by atoms with E-state index >= 15 is 0 Å². The Morgan fingerprint density at radius 3 is 1.48 bits per heavy atom. The van der Waals surface area contributed by atoms with Gasteiger partial charge in [-0.25, -0.2) is 0 Å². The average Bonchev–Trinajstić information content (AvgIpc) is 4.00. The number of ketones is 1. The van der Waals surface area contributed by atoms with Crippen LogP contribution in [0.15, 0.2) is 34.1 Å². The molecule has 0 atom stereocenters. The maximum Gasteiger partial charge on any atom is 0.169 e. The predicted molar refractivity (Wildman–Crippen MR) is 253 cm³/mol. The fraction of sp³-hybridized carbons (Fsp3) is 0.553. The largest absolute Gasteiger partial charge is 0.294 e. The molecule has 0 saturated heterocycles. The molecule has 292 valence electrons. The van der Waals surface area contributed by atoms with Gasteiger partial charge in [0.15, 0.2) is 5.78 Å². The second kappa shape index (κ2) is 21.4. The molecular weight excluding hydrogens is 821 g/mol. The molecule has 0 aliphatic carbocycles. The first kappa shape index (κ1) is 42.3. The van der Waals surface area contributed by atoms with Crippen LogP contribution >= 0.6 is 72.6 Å². The van der Waals surface area contributed by atoms with Gasteiger partial charge in [0, 0.05) is 39.0 Å². The van der Waals surface area contributed by atoms with Crippen molar-refractivity contribution in [3.8, 4) is 19.5 Å². The molecule has 1 nitrogen and oxygen atoms in total. The van der Waals surface area contributed by atoms with Crippen LogP contribution in [0.2, 0.25) is 0 Å². The van der Waals surface area contributed by atoms with Gasteiger partial charge in [0.2, 0.25) is 0 Å². The Labute approximate surface area is 354 Å². The van der Waals surface area contributed by atoms with Gasteiger partial charge in [0.25, 0.3) is 0 Å². The lowest BCUT2D eigenvalue weighted by Gasteiger charge is -2.12. The number of unbranched alkanes of at least 4 members (excludes halogenated alkanes) is 18. The summed E-state index contributed by atoms with van der Waals surface area (Å²) >= 11 is 13.3. The smallest absolute Gasteiger partial charge is 0.169 e. The Bertz CT molecular complexity index is 2000. The van der Waals surface area contributed by atoms with E-state index in [0.29, 0.717) is 0 Å². The topological polar surface area (TPSA) is 17.1 Å². The van der Waals surface area contributed by atoms with E-state index < -0.39 is 0 Å². The number of carbonyl (C=O) groups is 1. The number of hydrogen-bond donors (Lipinski definition) is 0. The third-order valence-electron chi connectivity index (χ3n) is 11.2. The Morgan fingerprint density at radius 1 is 0.519 bits per heavy atom. The number of fused-ring (bicyclic) bond motifs is 3. The Balaban J connectivity index is 1.30. The monoisotopic (exact) mass is 880 g/mol. The minimum Gasteiger partial charge on any atom is -0.294 e. The van der Waals surface area contributed by atoms with Crippen LogP contribution in [0.25, 0.3) is 49.8 Å². The summed E-state index contributed by atoms with van der Waals surface area (Å²) in [5.41, 5.74) is 3.17. The quantitative estimate of drug-likeness (QED) is 0.0414. The number of benzene rings is 1. The number of thiophene rings is 5. The Morgan fingerprint density at radius 2 is 1.00 bits per heavy atom. The number of halogens is 1. The summed E-state index contributed by atoms with van der Waals surface area (Å²) in [7, 11) is 0. The van der Waals surface area contributed by atoms with Crippen LogP contribution in [0.4, 0.5) is 0 Å². The van der Waals surface area contributed by atoms with Gasteiger partial charge in [-0.15, -0.1) is 56.7 Å². The van der Waals surface area contributed by atoms with E-state index in [2.05, 4.69) is 67.0 Å². The SMILES string of the molecule is CCCCCCCCCCCCc1c2cc(-c3sc(C)c4sc(C(C)=O)cc34)sc2c(CCCCCCCCCCCC)c2cc(-c3ccc(Br)s3)sc12. The molecule has 0 radical (unpaired) electrons. The Hall–Kier alpha value is -1.35. The number of Topliss-reactive ketones (excluding diaryl/α,β-unsaturated/α-hetero) is 1. The summed E-state index contributed by atoms with van der Waals surface area (Å²) in [5.74, 6) is 0.175. The fourth-order valence-corrected chi connectivity index (χ4v) is 14.5. The third kappa shape index (κ3) is 10.8. The standard InChI is InChI=1S/C47H61BrOS5/c1-5-7-9-11-13-15-17-19-21-23-25-34-36-29-41(39-27-28-43(48)51-39)53-45(36)35(26-24-22-20-18-16-14-12-10-8-6-2)37-30-42(54-46(34)37)47-38-31-40(32(3)49)52-44(38)33(4)50-47/h27-31H,5-26H2,1-4H3. The maximum atomic E-state index is 12.4. The highest BCUT2D eigenvalue weighted by atomic mass is 79.9. The zero-order valence-corrected chi connectivity index (χ0v) is 38.9. The summed E-state index contributed by atoms with van der Waals surface area (Å²) < 4.78 is 5.55. The van der Waals surface area contributed by atoms with Crippen molar-refractivity contribution in [2.24, 2.45) is 0 Å². The average molecular weight is 882 g/mol. The van der Waals surface area contributed by atoms with Crippen molar-refractivity contribution in [1.29, 1.82) is 0 Å². The van der Waals surface area contributed by atoms with Gasteiger partial charge in [-0.2, -0.15) is 0 Å². The van der Waals surface area contributed by atoms with Gasteiger partial charge in [-0.1, -0.05) is 129 Å². The van der Waals surface area contributed by atoms with Crippen LogP contribution in [0.1, 0.15) is 175 Å². The summed E-state index contributed by atoms with van der Waals surface area (Å²) in [5, 5.41) is 4.29. The molecule has 0 fully saturated rings. The van der Waals surface area contributed by atoms with Gasteiger partial charge in [-0.3, -0.25) is 4.79 Å². The molecule has 0 aliphatic heterocycles. The molecule has 6 rings (SSSR count). The lowest BCUT2D eigenvalue weighted by Crippen LogP contribution is -1.93. The third-order valence-corrected chi connectivity index (χ3v) is 18.2. The van der Waals surface area contributed by atoms with Crippen molar-refractivity contribution in [3.05, 3.63) is 55.0 Å². The lowest BCUT2D eigenvalue weighted by atomic mass is 9.94. The van der Waals surface area contributed by atoms with E-state index in [9.17, 15) is 4.79 Å². The number of rotatable bonds is 25. The number of aryl methyl sites for hydroxylation is 3. The Kier molecular flexibility index (Phi) is 16.8. The molecule has 1 aromatic carbocycles. The minimum atomic E-state index is 0.175. The van der Waals surface area contributed by atoms with Crippen LogP contribution < -0.4 is 0 Å². The second-order valence-corrected chi connectivity index (χ2v) is 22.4. The molecule has 5 aromatic heterocycles. The molecule has 0 spiro atoms. The highest BCUT2D eigenvalue weighted by molar-refractivity contribution is 9.11. The molecular formula is C47H61BrOS5. The summed E-state index contributed by atoms with van der Waals surface area (Å²) in [6.45, 7) is 8.55. The molecule has 0 unspecified atom stereocenters. The van der Waals surface area contributed by atoms with Gasteiger partial charge in [-0.05, 0) is 108 Å².